The van der Waals surface area contributed by atoms with Crippen LogP contribution in [0.1, 0.15) is 11.1 Å². The Kier molecular flexibility index (Phi) is 4.69. The van der Waals surface area contributed by atoms with E-state index < -0.39 is 53.4 Å². The zero-order chi connectivity index (χ0) is 22.0. The van der Waals surface area contributed by atoms with Crippen molar-refractivity contribution in [3.8, 4) is 17.6 Å². The second-order valence-corrected chi connectivity index (χ2v) is 8.62. The molecule has 0 aromatic heterocycles. The lowest BCUT2D eigenvalue weighted by molar-refractivity contribution is -0.315. The van der Waals surface area contributed by atoms with E-state index in [1.165, 1.54) is 0 Å². The highest BCUT2D eigenvalue weighted by atomic mass is 79.9. The van der Waals surface area contributed by atoms with Crippen molar-refractivity contribution in [1.82, 2.24) is 0 Å². The number of hydrogen-bond acceptors (Lipinski definition) is 5. The van der Waals surface area contributed by atoms with Gasteiger partial charge in [-0.2, -0.15) is 27.2 Å². The Bertz CT molecular complexity index is 1180. The Morgan fingerprint density at radius 1 is 1.17 bits per heavy atom. The highest BCUT2D eigenvalue weighted by Crippen LogP contribution is 2.62. The fourth-order valence-electron chi connectivity index (χ4n) is 2.78. The van der Waals surface area contributed by atoms with Crippen LogP contribution in [0.25, 0.3) is 0 Å². The zero-order valence-corrected chi connectivity index (χ0v) is 16.0. The smallest absolute Gasteiger partial charge is 0.428 e. The van der Waals surface area contributed by atoms with E-state index in [4.69, 9.17) is 10.00 Å². The maximum absolute atomic E-state index is 14.2. The van der Waals surface area contributed by atoms with Gasteiger partial charge in [-0.1, -0.05) is 0 Å². The molecule has 1 aliphatic heterocycles. The third-order valence-electron chi connectivity index (χ3n) is 4.12. The normalized spacial score (nSPS) is 22.0. The molecule has 0 spiro atoms. The maximum atomic E-state index is 14.2. The molecule has 0 radical (unpaired) electrons. The number of rotatable bonds is 2. The van der Waals surface area contributed by atoms with Gasteiger partial charge in [-0.15, -0.1) is 0 Å². The molecule has 0 fully saturated rings. The summed E-state index contributed by atoms with van der Waals surface area (Å²) >= 11 is 2.57. The van der Waals surface area contributed by atoms with Gasteiger partial charge in [-0.3, -0.25) is 0 Å². The minimum atomic E-state index is -6.08. The number of hydrogen-bond donors (Lipinski definition) is 1. The van der Waals surface area contributed by atoms with Gasteiger partial charge in [0.15, 0.2) is 0 Å². The summed E-state index contributed by atoms with van der Waals surface area (Å²) in [5, 5.41) is 13.1. The molecule has 5 nitrogen and oxygen atoms in total. The highest BCUT2D eigenvalue weighted by Gasteiger charge is 2.81. The van der Waals surface area contributed by atoms with Crippen LogP contribution >= 0.6 is 15.9 Å². The quantitative estimate of drug-likeness (QED) is 0.617. The zero-order valence-electron chi connectivity index (χ0n) is 13.6. The van der Waals surface area contributed by atoms with Gasteiger partial charge in [0, 0.05) is 11.6 Å². The second kappa shape index (κ2) is 6.35. The predicted molar refractivity (Wildman–Crippen MR) is 87.4 cm³/mol. The van der Waals surface area contributed by atoms with Gasteiger partial charge in [0.05, 0.1) is 21.0 Å². The Morgan fingerprint density at radius 2 is 1.79 bits per heavy atom. The highest BCUT2D eigenvalue weighted by molar-refractivity contribution is 9.10. The summed E-state index contributed by atoms with van der Waals surface area (Å²) < 4.78 is 110. The van der Waals surface area contributed by atoms with Crippen LogP contribution in [0.2, 0.25) is 0 Å². The summed E-state index contributed by atoms with van der Waals surface area (Å²) in [5.41, 5.74) is -6.94. The second-order valence-electron chi connectivity index (χ2n) is 5.87. The molecule has 1 unspecified atom stereocenters. The van der Waals surface area contributed by atoms with Crippen LogP contribution in [0, 0.1) is 17.1 Å². The minimum Gasteiger partial charge on any atom is -0.456 e. The van der Waals surface area contributed by atoms with Gasteiger partial charge in [0.2, 0.25) is 9.84 Å². The van der Waals surface area contributed by atoms with Crippen LogP contribution < -0.4 is 4.74 Å². The average molecular weight is 502 g/mol. The van der Waals surface area contributed by atoms with Crippen molar-refractivity contribution in [2.24, 2.45) is 0 Å². The molecule has 1 atom stereocenters. The number of sulfone groups is 1. The number of fused-ring (bicyclic) bond motifs is 1. The van der Waals surface area contributed by atoms with E-state index in [0.717, 1.165) is 24.3 Å². The SMILES string of the molecule is N#Cc1cc(F)cc(Oc2ccc3c(c2Br)C(O)(C(F)(F)F)C(F)(F)S3(=O)=O)c1. The number of halogens is 7. The largest absolute Gasteiger partial charge is 0.456 e. The standard InChI is InChI=1S/C16H6BrF6NO4S/c17-13-10(28-9-4-7(6-24)3-8(18)5-9)1-2-11-12(13)14(25,15(19,20)21)16(22,23)29(11,26)27/h1-5,25H. The molecule has 2 aromatic rings. The fourth-order valence-corrected chi connectivity index (χ4v) is 5.27. The van der Waals surface area contributed by atoms with Crippen LogP contribution in [0.3, 0.4) is 0 Å². The van der Waals surface area contributed by atoms with Crippen molar-refractivity contribution in [2.75, 3.05) is 0 Å². The lowest BCUT2D eigenvalue weighted by Crippen LogP contribution is -2.55. The summed E-state index contributed by atoms with van der Waals surface area (Å²) in [7, 11) is -5.90. The monoisotopic (exact) mass is 501 g/mol. The van der Waals surface area contributed by atoms with Crippen molar-refractivity contribution in [1.29, 1.82) is 5.26 Å². The molecule has 0 saturated carbocycles. The molecular formula is C16H6BrF6NO4S. The van der Waals surface area contributed by atoms with E-state index in [1.807, 2.05) is 0 Å². The third-order valence-corrected chi connectivity index (χ3v) is 6.79. The first-order chi connectivity index (χ1) is 13.2. The Labute approximate surface area is 167 Å². The molecule has 0 saturated heterocycles. The van der Waals surface area contributed by atoms with E-state index in [0.29, 0.717) is 6.07 Å². The van der Waals surface area contributed by atoms with Crippen LogP contribution in [-0.4, -0.2) is 25.0 Å². The fraction of sp³-hybridized carbons (Fsp3) is 0.188. The minimum absolute atomic E-state index is 0.210. The topological polar surface area (TPSA) is 87.4 Å². The Hall–Kier alpha value is -2.30. The van der Waals surface area contributed by atoms with E-state index in [2.05, 4.69) is 15.9 Å². The molecule has 0 bridgehead atoms. The van der Waals surface area contributed by atoms with Gasteiger partial charge in [-0.05, 0) is 40.2 Å². The molecule has 0 aliphatic carbocycles. The summed E-state index contributed by atoms with van der Waals surface area (Å²) in [6.45, 7) is 0. The number of nitriles is 1. The molecule has 3 rings (SSSR count). The van der Waals surface area contributed by atoms with E-state index >= 15 is 0 Å². The Balaban J connectivity index is 2.26. The molecule has 2 aromatic carbocycles. The van der Waals surface area contributed by atoms with Gasteiger partial charge >= 0.3 is 11.4 Å². The number of alkyl halides is 5. The third kappa shape index (κ3) is 2.81. The average Bonchev–Trinajstić information content (AvgIpc) is 2.72. The molecule has 13 heteroatoms. The lowest BCUT2D eigenvalue weighted by atomic mass is 9.93. The number of ether oxygens (including phenoxy) is 1. The molecular weight excluding hydrogens is 496 g/mol. The molecule has 1 heterocycles. The van der Waals surface area contributed by atoms with Crippen LogP contribution in [0.15, 0.2) is 39.7 Å². The molecule has 0 amide bonds. The van der Waals surface area contributed by atoms with Crippen molar-refractivity contribution in [2.45, 2.75) is 21.9 Å². The molecule has 1 N–H and O–H groups in total. The number of aliphatic hydroxyl groups is 1. The summed E-state index contributed by atoms with van der Waals surface area (Å²) in [4.78, 5) is -1.45. The van der Waals surface area contributed by atoms with Crippen LogP contribution in [0.4, 0.5) is 26.3 Å². The van der Waals surface area contributed by atoms with Crippen molar-refractivity contribution < 1.29 is 44.6 Å². The molecule has 154 valence electrons. The summed E-state index contributed by atoms with van der Waals surface area (Å²) in [5.74, 6) is -1.95. The number of nitrogens with zero attached hydrogens (tertiary/aromatic N) is 1. The van der Waals surface area contributed by atoms with E-state index in [1.54, 1.807) is 6.07 Å². The number of benzene rings is 2. The van der Waals surface area contributed by atoms with Gasteiger partial charge in [-0.25, -0.2) is 12.8 Å². The van der Waals surface area contributed by atoms with Crippen molar-refractivity contribution >= 4 is 25.8 Å². The maximum Gasteiger partial charge on any atom is 0.428 e. The van der Waals surface area contributed by atoms with Crippen LogP contribution in [0.5, 0.6) is 11.5 Å². The first kappa shape index (κ1) is 21.4. The lowest BCUT2D eigenvalue weighted by Gasteiger charge is -2.31. The van der Waals surface area contributed by atoms with Crippen LogP contribution in [-0.2, 0) is 15.4 Å². The van der Waals surface area contributed by atoms with Crippen molar-refractivity contribution in [3.63, 3.8) is 0 Å². The predicted octanol–water partition coefficient (Wildman–Crippen LogP) is 4.38. The summed E-state index contributed by atoms with van der Waals surface area (Å²) in [6.07, 6.45) is -6.08. The van der Waals surface area contributed by atoms with Gasteiger partial charge in [0.1, 0.15) is 17.3 Å². The molecule has 1 aliphatic rings. The first-order valence-corrected chi connectivity index (χ1v) is 9.59. The summed E-state index contributed by atoms with van der Waals surface area (Å²) in [6, 6.07) is 5.35. The van der Waals surface area contributed by atoms with E-state index in [-0.39, 0.29) is 11.3 Å². The van der Waals surface area contributed by atoms with Crippen molar-refractivity contribution in [3.05, 3.63) is 51.7 Å². The molecule has 29 heavy (non-hydrogen) atoms. The van der Waals surface area contributed by atoms with Gasteiger partial charge < -0.3 is 9.84 Å². The Morgan fingerprint density at radius 3 is 2.34 bits per heavy atom. The first-order valence-electron chi connectivity index (χ1n) is 7.31. The van der Waals surface area contributed by atoms with Gasteiger partial charge in [0.25, 0.3) is 5.60 Å². The van der Waals surface area contributed by atoms with E-state index in [9.17, 15) is 39.9 Å².